The Kier molecular flexibility index (Phi) is 17.1. The maximum atomic E-state index is 12.9. The second kappa shape index (κ2) is 19.0. The molecular formula is C29H52O4. The number of unbranched alkanes of at least 4 members (excludes halogenated alkanes) is 14. The minimum absolute atomic E-state index is 0.242. The molecule has 0 aromatic rings. The number of esters is 2. The van der Waals surface area contributed by atoms with E-state index in [0.717, 1.165) is 32.1 Å². The Morgan fingerprint density at radius 1 is 0.727 bits per heavy atom. The molecule has 2 atom stereocenters. The fourth-order valence-corrected chi connectivity index (χ4v) is 4.65. The van der Waals surface area contributed by atoms with Crippen molar-refractivity contribution in [3.05, 3.63) is 12.2 Å². The lowest BCUT2D eigenvalue weighted by Crippen LogP contribution is -2.42. The van der Waals surface area contributed by atoms with Crippen LogP contribution in [0.4, 0.5) is 0 Å². The van der Waals surface area contributed by atoms with Gasteiger partial charge in [0.1, 0.15) is 0 Å². The minimum Gasteiger partial charge on any atom is -0.465 e. The van der Waals surface area contributed by atoms with Crippen molar-refractivity contribution in [2.75, 3.05) is 13.2 Å². The van der Waals surface area contributed by atoms with Crippen molar-refractivity contribution in [1.82, 2.24) is 0 Å². The fraction of sp³-hybridized carbons (Fsp3) is 0.862. The van der Waals surface area contributed by atoms with E-state index in [-0.39, 0.29) is 11.9 Å². The first-order valence-corrected chi connectivity index (χ1v) is 14.1. The van der Waals surface area contributed by atoms with E-state index in [4.69, 9.17) is 9.47 Å². The number of allylic oxidation sites excluding steroid dienone is 1. The molecule has 0 amide bonds. The van der Waals surface area contributed by atoms with Gasteiger partial charge in [-0.2, -0.15) is 0 Å². The monoisotopic (exact) mass is 464 g/mol. The maximum Gasteiger partial charge on any atom is 0.316 e. The van der Waals surface area contributed by atoms with E-state index in [1.807, 2.05) is 19.1 Å². The van der Waals surface area contributed by atoms with Crippen molar-refractivity contribution in [2.24, 2.45) is 11.3 Å². The van der Waals surface area contributed by atoms with Crippen molar-refractivity contribution in [3.63, 3.8) is 0 Å². The van der Waals surface area contributed by atoms with Gasteiger partial charge < -0.3 is 9.47 Å². The van der Waals surface area contributed by atoms with Gasteiger partial charge in [0.05, 0.1) is 24.5 Å². The molecule has 0 fully saturated rings. The van der Waals surface area contributed by atoms with Crippen LogP contribution in [-0.4, -0.2) is 25.2 Å². The predicted molar refractivity (Wildman–Crippen MR) is 137 cm³/mol. The average molecular weight is 465 g/mol. The summed E-state index contributed by atoms with van der Waals surface area (Å²) in [4.78, 5) is 25.7. The maximum absolute atomic E-state index is 12.9. The topological polar surface area (TPSA) is 52.6 Å². The van der Waals surface area contributed by atoms with Crippen LogP contribution in [-0.2, 0) is 19.1 Å². The summed E-state index contributed by atoms with van der Waals surface area (Å²) in [7, 11) is 0. The molecule has 0 bridgehead atoms. The summed E-state index contributed by atoms with van der Waals surface area (Å²) >= 11 is 0. The Hall–Kier alpha value is -1.32. The third kappa shape index (κ3) is 12.6. The van der Waals surface area contributed by atoms with Crippen LogP contribution in [0.2, 0.25) is 0 Å². The van der Waals surface area contributed by atoms with E-state index in [0.29, 0.717) is 19.6 Å². The van der Waals surface area contributed by atoms with Crippen LogP contribution in [0.15, 0.2) is 12.2 Å². The zero-order valence-corrected chi connectivity index (χ0v) is 22.0. The molecule has 0 aromatic heterocycles. The summed E-state index contributed by atoms with van der Waals surface area (Å²) in [6.45, 7) is 7.20. The molecule has 0 radical (unpaired) electrons. The number of hydrogen-bond donors (Lipinski definition) is 0. The molecule has 4 nitrogen and oxygen atoms in total. The van der Waals surface area contributed by atoms with Gasteiger partial charge in [-0.1, -0.05) is 116 Å². The molecule has 0 saturated carbocycles. The second-order valence-electron chi connectivity index (χ2n) is 10.1. The predicted octanol–water partition coefficient (Wildman–Crippen LogP) is 8.33. The Bertz CT molecular complexity index is 542. The van der Waals surface area contributed by atoms with Crippen LogP contribution >= 0.6 is 0 Å². The van der Waals surface area contributed by atoms with Crippen molar-refractivity contribution in [3.8, 4) is 0 Å². The fourth-order valence-electron chi connectivity index (χ4n) is 4.65. The summed E-state index contributed by atoms with van der Waals surface area (Å²) in [5, 5.41) is 0. The van der Waals surface area contributed by atoms with Gasteiger partial charge in [-0.3, -0.25) is 9.59 Å². The van der Waals surface area contributed by atoms with E-state index in [1.165, 1.54) is 77.0 Å². The highest BCUT2D eigenvalue weighted by Gasteiger charge is 2.46. The largest absolute Gasteiger partial charge is 0.465 e. The number of ether oxygens (including phenoxy) is 2. The number of hydrogen-bond acceptors (Lipinski definition) is 4. The minimum atomic E-state index is -0.908. The van der Waals surface area contributed by atoms with Gasteiger partial charge in [0, 0.05) is 0 Å². The summed E-state index contributed by atoms with van der Waals surface area (Å²) in [5.41, 5.74) is -0.908. The highest BCUT2D eigenvalue weighted by atomic mass is 16.5. The first-order chi connectivity index (χ1) is 16.1. The zero-order valence-electron chi connectivity index (χ0n) is 22.0. The average Bonchev–Trinajstić information content (AvgIpc) is 2.82. The van der Waals surface area contributed by atoms with Crippen molar-refractivity contribution in [1.29, 1.82) is 0 Å². The quantitative estimate of drug-likeness (QED) is 0.103. The van der Waals surface area contributed by atoms with Crippen molar-refractivity contribution in [2.45, 2.75) is 136 Å². The first-order valence-electron chi connectivity index (χ1n) is 14.1. The molecule has 1 aliphatic carbocycles. The highest BCUT2D eigenvalue weighted by molar-refractivity contribution is 5.87. The van der Waals surface area contributed by atoms with Gasteiger partial charge in [0.2, 0.25) is 0 Å². The Balaban J connectivity index is 2.27. The summed E-state index contributed by atoms with van der Waals surface area (Å²) in [6.07, 6.45) is 24.7. The van der Waals surface area contributed by atoms with E-state index in [2.05, 4.69) is 13.8 Å². The standard InChI is InChI=1S/C29H52O4/c1-4-6-8-10-12-14-16-20-24-32-27(30)26-22-18-19-23-29(26,3)28(31)33-25-21-17-15-13-11-9-7-5-2/h19,23,26H,4-18,20-22,24-25H2,1-3H3. The molecule has 0 aliphatic heterocycles. The third-order valence-corrected chi connectivity index (χ3v) is 7.01. The van der Waals surface area contributed by atoms with Crippen LogP contribution in [0.1, 0.15) is 136 Å². The third-order valence-electron chi connectivity index (χ3n) is 7.01. The molecule has 2 unspecified atom stereocenters. The highest BCUT2D eigenvalue weighted by Crippen LogP contribution is 2.38. The van der Waals surface area contributed by atoms with E-state index >= 15 is 0 Å². The molecule has 0 aromatic carbocycles. The SMILES string of the molecule is CCCCCCCCCCOC(=O)C1CCC=CC1(C)C(=O)OCCCCCCCCCC. The van der Waals surface area contributed by atoms with Crippen LogP contribution in [0.25, 0.3) is 0 Å². The lowest BCUT2D eigenvalue weighted by molar-refractivity contribution is -0.166. The van der Waals surface area contributed by atoms with E-state index in [9.17, 15) is 9.59 Å². The lowest BCUT2D eigenvalue weighted by atomic mass is 9.71. The summed E-state index contributed by atoms with van der Waals surface area (Å²) in [6, 6.07) is 0. The first kappa shape index (κ1) is 29.7. The molecule has 0 saturated heterocycles. The molecule has 192 valence electrons. The normalized spacial score (nSPS) is 20.0. The van der Waals surface area contributed by atoms with Crippen LogP contribution < -0.4 is 0 Å². The Morgan fingerprint density at radius 3 is 1.70 bits per heavy atom. The van der Waals surface area contributed by atoms with Crippen molar-refractivity contribution >= 4 is 11.9 Å². The van der Waals surface area contributed by atoms with Crippen LogP contribution in [0.5, 0.6) is 0 Å². The summed E-state index contributed by atoms with van der Waals surface area (Å²) in [5.74, 6) is -0.966. The molecule has 0 heterocycles. The van der Waals surface area contributed by atoms with Gasteiger partial charge in [0.25, 0.3) is 0 Å². The second-order valence-corrected chi connectivity index (χ2v) is 10.1. The van der Waals surface area contributed by atoms with E-state index < -0.39 is 11.3 Å². The van der Waals surface area contributed by atoms with Gasteiger partial charge in [-0.15, -0.1) is 0 Å². The molecule has 1 rings (SSSR count). The van der Waals surface area contributed by atoms with Gasteiger partial charge in [0.15, 0.2) is 0 Å². The van der Waals surface area contributed by atoms with Gasteiger partial charge in [-0.05, 0) is 32.6 Å². The zero-order chi connectivity index (χ0) is 24.2. The number of rotatable bonds is 20. The summed E-state index contributed by atoms with van der Waals surface area (Å²) < 4.78 is 11.2. The molecular weight excluding hydrogens is 412 g/mol. The molecule has 33 heavy (non-hydrogen) atoms. The number of carbonyl (C=O) groups is 2. The smallest absolute Gasteiger partial charge is 0.316 e. The lowest BCUT2D eigenvalue weighted by Gasteiger charge is -2.34. The van der Waals surface area contributed by atoms with Gasteiger partial charge >= 0.3 is 11.9 Å². The van der Waals surface area contributed by atoms with Crippen LogP contribution in [0, 0.1) is 11.3 Å². The Labute approximate surface area is 204 Å². The molecule has 0 spiro atoms. The van der Waals surface area contributed by atoms with Gasteiger partial charge in [-0.25, -0.2) is 0 Å². The molecule has 0 N–H and O–H groups in total. The van der Waals surface area contributed by atoms with Crippen LogP contribution in [0.3, 0.4) is 0 Å². The molecule has 1 aliphatic rings. The number of carbonyl (C=O) groups excluding carboxylic acids is 2. The van der Waals surface area contributed by atoms with E-state index in [1.54, 1.807) is 0 Å². The van der Waals surface area contributed by atoms with Crippen molar-refractivity contribution < 1.29 is 19.1 Å². The Morgan fingerprint density at radius 2 is 1.18 bits per heavy atom. The molecule has 4 heteroatoms.